The van der Waals surface area contributed by atoms with Crippen molar-refractivity contribution in [1.29, 1.82) is 0 Å². The van der Waals surface area contributed by atoms with Gasteiger partial charge in [-0.15, -0.1) is 0 Å². The Balaban J connectivity index is 3.37. The Bertz CT molecular complexity index is 611. The van der Waals surface area contributed by atoms with E-state index in [1.54, 1.807) is 0 Å². The van der Waals surface area contributed by atoms with E-state index in [1.807, 2.05) is 0 Å². The predicted octanol–water partition coefficient (Wildman–Crippen LogP) is 2.52. The number of halogens is 4. The van der Waals surface area contributed by atoms with Crippen LogP contribution in [0.25, 0.3) is 0 Å². The number of methoxy groups -OCH3 is 1. The maximum Gasteiger partial charge on any atom is 0.345 e. The number of carbonyl (C=O) groups is 2. The topological polar surface area (TPSA) is 52.6 Å². The molecule has 114 valence electrons. The van der Waals surface area contributed by atoms with E-state index < -0.39 is 46.2 Å². The average molecular weight is 306 g/mol. The molecule has 0 amide bonds. The van der Waals surface area contributed by atoms with Crippen LogP contribution in [0.4, 0.5) is 17.6 Å². The normalized spacial score (nSPS) is 11.2. The molecule has 1 rings (SSSR count). The molecule has 8 heteroatoms. The molecular weight excluding hydrogens is 296 g/mol. The van der Waals surface area contributed by atoms with Gasteiger partial charge in [0.2, 0.25) is 5.78 Å². The van der Waals surface area contributed by atoms with Crippen LogP contribution >= 0.6 is 0 Å². The van der Waals surface area contributed by atoms with Gasteiger partial charge in [-0.1, -0.05) is 0 Å². The second-order valence-electron chi connectivity index (χ2n) is 3.66. The van der Waals surface area contributed by atoms with Gasteiger partial charge in [-0.05, 0) is 13.0 Å². The molecule has 0 N–H and O–H groups in total. The number of ketones is 1. The lowest BCUT2D eigenvalue weighted by molar-refractivity contribution is -0.135. The van der Waals surface area contributed by atoms with E-state index in [9.17, 15) is 27.2 Å². The van der Waals surface area contributed by atoms with Gasteiger partial charge < -0.3 is 9.47 Å². The summed E-state index contributed by atoms with van der Waals surface area (Å²) in [6.07, 6.45) is 0.673. The van der Waals surface area contributed by atoms with Crippen LogP contribution in [0.1, 0.15) is 17.3 Å². The molecule has 0 heterocycles. The summed E-state index contributed by atoms with van der Waals surface area (Å²) in [4.78, 5) is 23.3. The predicted molar refractivity (Wildman–Crippen MR) is 62.3 cm³/mol. The molecule has 1 aromatic rings. The summed E-state index contributed by atoms with van der Waals surface area (Å²) in [5, 5.41) is 0. The third-order valence-electron chi connectivity index (χ3n) is 2.37. The number of hydrogen-bond donors (Lipinski definition) is 0. The SMILES string of the molecule is CCO/C=C(\C(=O)OC)C(=O)c1cc(F)c(F)c(F)c1F. The van der Waals surface area contributed by atoms with Crippen molar-refractivity contribution in [2.75, 3.05) is 13.7 Å². The Kier molecular flexibility index (Phi) is 5.45. The van der Waals surface area contributed by atoms with Crippen LogP contribution in [0.15, 0.2) is 17.9 Å². The first-order chi connectivity index (χ1) is 9.84. The van der Waals surface area contributed by atoms with E-state index >= 15 is 0 Å². The number of Topliss-reactive ketones (excluding diaryl/α,β-unsaturated/α-hetero) is 1. The van der Waals surface area contributed by atoms with Crippen molar-refractivity contribution < 1.29 is 36.6 Å². The van der Waals surface area contributed by atoms with E-state index in [1.165, 1.54) is 6.92 Å². The molecule has 0 saturated heterocycles. The summed E-state index contributed by atoms with van der Waals surface area (Å²) >= 11 is 0. The van der Waals surface area contributed by atoms with Crippen molar-refractivity contribution in [3.05, 3.63) is 46.7 Å². The van der Waals surface area contributed by atoms with Crippen molar-refractivity contribution in [2.45, 2.75) is 6.92 Å². The van der Waals surface area contributed by atoms with E-state index in [2.05, 4.69) is 4.74 Å². The Labute approximate surface area is 117 Å². The van der Waals surface area contributed by atoms with Gasteiger partial charge in [0.15, 0.2) is 23.3 Å². The maximum absolute atomic E-state index is 13.5. The zero-order chi connectivity index (χ0) is 16.2. The molecule has 0 aliphatic heterocycles. The first-order valence-electron chi connectivity index (χ1n) is 5.62. The maximum atomic E-state index is 13.5. The summed E-state index contributed by atoms with van der Waals surface area (Å²) in [7, 11) is 0.942. The second-order valence-corrected chi connectivity index (χ2v) is 3.66. The lowest BCUT2D eigenvalue weighted by Crippen LogP contribution is -2.18. The highest BCUT2D eigenvalue weighted by Gasteiger charge is 2.28. The summed E-state index contributed by atoms with van der Waals surface area (Å²) in [6, 6.07) is 0.152. The standard InChI is InChI=1S/C13H10F4O4/c1-3-21-5-7(13(19)20-2)12(18)6-4-8(14)10(16)11(17)9(6)15/h4-5H,3H2,1-2H3/b7-5-. The number of esters is 1. The van der Waals surface area contributed by atoms with Crippen LogP contribution in [0.5, 0.6) is 0 Å². The average Bonchev–Trinajstić information content (AvgIpc) is 2.48. The smallest absolute Gasteiger partial charge is 0.345 e. The van der Waals surface area contributed by atoms with Crippen LogP contribution < -0.4 is 0 Å². The summed E-state index contributed by atoms with van der Waals surface area (Å²) in [5.41, 5.74) is -1.94. The fraction of sp³-hybridized carbons (Fsp3) is 0.231. The van der Waals surface area contributed by atoms with Crippen LogP contribution in [-0.2, 0) is 14.3 Å². The highest BCUT2D eigenvalue weighted by atomic mass is 19.2. The molecule has 0 radical (unpaired) electrons. The molecule has 21 heavy (non-hydrogen) atoms. The molecule has 0 saturated carbocycles. The quantitative estimate of drug-likeness (QED) is 0.0965. The number of benzene rings is 1. The summed E-state index contributed by atoms with van der Waals surface area (Å²) in [5.74, 6) is -10.5. The molecule has 0 fully saturated rings. The van der Waals surface area contributed by atoms with Gasteiger partial charge in [-0.25, -0.2) is 22.4 Å². The fourth-order valence-corrected chi connectivity index (χ4v) is 1.35. The van der Waals surface area contributed by atoms with Crippen molar-refractivity contribution in [3.63, 3.8) is 0 Å². The monoisotopic (exact) mass is 306 g/mol. The van der Waals surface area contributed by atoms with E-state index in [4.69, 9.17) is 4.74 Å². The molecular formula is C13H10F4O4. The third kappa shape index (κ3) is 3.39. The Morgan fingerprint density at radius 1 is 1.14 bits per heavy atom. The minimum Gasteiger partial charge on any atom is -0.500 e. The number of carbonyl (C=O) groups excluding carboxylic acids is 2. The molecule has 0 aromatic heterocycles. The van der Waals surface area contributed by atoms with Crippen LogP contribution in [0.2, 0.25) is 0 Å². The van der Waals surface area contributed by atoms with Crippen LogP contribution in [0.3, 0.4) is 0 Å². The molecule has 4 nitrogen and oxygen atoms in total. The highest BCUT2D eigenvalue weighted by Crippen LogP contribution is 2.21. The van der Waals surface area contributed by atoms with Crippen molar-refractivity contribution >= 4 is 11.8 Å². The van der Waals surface area contributed by atoms with Crippen LogP contribution in [-0.4, -0.2) is 25.5 Å². The molecule has 0 unspecified atom stereocenters. The zero-order valence-corrected chi connectivity index (χ0v) is 11.0. The van der Waals surface area contributed by atoms with E-state index in [0.29, 0.717) is 6.26 Å². The zero-order valence-electron chi connectivity index (χ0n) is 11.0. The Morgan fingerprint density at radius 3 is 2.29 bits per heavy atom. The molecule has 0 aliphatic carbocycles. The molecule has 0 atom stereocenters. The van der Waals surface area contributed by atoms with Gasteiger partial charge in [-0.2, -0.15) is 0 Å². The first-order valence-corrected chi connectivity index (χ1v) is 5.62. The summed E-state index contributed by atoms with van der Waals surface area (Å²) in [6.45, 7) is 1.61. The lowest BCUT2D eigenvalue weighted by Gasteiger charge is -2.07. The number of rotatable bonds is 5. The van der Waals surface area contributed by atoms with E-state index in [0.717, 1.165) is 7.11 Å². The minimum absolute atomic E-state index is 0.0718. The van der Waals surface area contributed by atoms with Crippen molar-refractivity contribution in [3.8, 4) is 0 Å². The first kappa shape index (κ1) is 16.7. The number of hydrogen-bond acceptors (Lipinski definition) is 4. The lowest BCUT2D eigenvalue weighted by atomic mass is 10.0. The molecule has 0 aliphatic rings. The Hall–Kier alpha value is -2.38. The van der Waals surface area contributed by atoms with Crippen molar-refractivity contribution in [1.82, 2.24) is 0 Å². The van der Waals surface area contributed by atoms with Gasteiger partial charge in [-0.3, -0.25) is 4.79 Å². The second kappa shape index (κ2) is 6.87. The largest absolute Gasteiger partial charge is 0.500 e. The van der Waals surface area contributed by atoms with Gasteiger partial charge in [0.1, 0.15) is 11.8 Å². The molecule has 0 bridgehead atoms. The van der Waals surface area contributed by atoms with Gasteiger partial charge >= 0.3 is 5.97 Å². The number of ether oxygens (including phenoxy) is 2. The highest BCUT2D eigenvalue weighted by molar-refractivity contribution is 6.24. The Morgan fingerprint density at radius 2 is 1.76 bits per heavy atom. The summed E-state index contributed by atoms with van der Waals surface area (Å²) < 4.78 is 61.5. The molecule has 1 aromatic carbocycles. The van der Waals surface area contributed by atoms with Gasteiger partial charge in [0.25, 0.3) is 0 Å². The van der Waals surface area contributed by atoms with Crippen LogP contribution in [0, 0.1) is 23.3 Å². The minimum atomic E-state index is -2.15. The van der Waals surface area contributed by atoms with Gasteiger partial charge in [0.05, 0.1) is 19.3 Å². The van der Waals surface area contributed by atoms with Gasteiger partial charge in [0, 0.05) is 0 Å². The third-order valence-corrected chi connectivity index (χ3v) is 2.37. The van der Waals surface area contributed by atoms with Crippen molar-refractivity contribution in [2.24, 2.45) is 0 Å². The molecule has 0 spiro atoms. The fourth-order valence-electron chi connectivity index (χ4n) is 1.35. The van der Waals surface area contributed by atoms with E-state index in [-0.39, 0.29) is 12.7 Å².